The molecule has 0 amide bonds. The summed E-state index contributed by atoms with van der Waals surface area (Å²) in [6, 6.07) is 28.1. The Labute approximate surface area is 197 Å². The van der Waals surface area contributed by atoms with Crippen LogP contribution in [0.3, 0.4) is 0 Å². The lowest BCUT2D eigenvalue weighted by molar-refractivity contribution is 1.71. The SMILES string of the molecule is C[Si](C)(C)c1cc2c(s1)-c1sc([Si](C)(C)C)cc1[Si]2(c1ccccc1)c1ccccc1. The van der Waals surface area contributed by atoms with Crippen molar-refractivity contribution in [3.05, 3.63) is 72.8 Å². The van der Waals surface area contributed by atoms with E-state index in [0.29, 0.717) is 0 Å². The molecule has 0 atom stereocenters. The molecule has 5 heteroatoms. The van der Waals surface area contributed by atoms with E-state index in [1.165, 1.54) is 10.4 Å². The summed E-state index contributed by atoms with van der Waals surface area (Å²) in [5, 5.41) is 6.36. The van der Waals surface area contributed by atoms with E-state index in [4.69, 9.17) is 0 Å². The van der Waals surface area contributed by atoms with Crippen molar-refractivity contribution in [3.8, 4) is 9.75 Å². The quantitative estimate of drug-likeness (QED) is 0.330. The number of rotatable bonds is 4. The largest absolute Gasteiger partial charge is 0.182 e. The van der Waals surface area contributed by atoms with Crippen molar-refractivity contribution in [1.82, 2.24) is 0 Å². The molecule has 3 heterocycles. The van der Waals surface area contributed by atoms with Gasteiger partial charge in [-0.25, -0.2) is 0 Å². The number of benzene rings is 2. The van der Waals surface area contributed by atoms with Crippen LogP contribution >= 0.6 is 22.7 Å². The highest BCUT2D eigenvalue weighted by molar-refractivity contribution is 7.40. The van der Waals surface area contributed by atoms with E-state index in [2.05, 4.69) is 135 Å². The van der Waals surface area contributed by atoms with E-state index in [1.807, 2.05) is 0 Å². The molecule has 2 aromatic heterocycles. The van der Waals surface area contributed by atoms with Gasteiger partial charge in [0, 0.05) is 9.75 Å². The molecule has 0 unspecified atom stereocenters. The van der Waals surface area contributed by atoms with Gasteiger partial charge in [0.1, 0.15) is 0 Å². The number of fused-ring (bicyclic) bond motifs is 3. The van der Waals surface area contributed by atoms with Crippen molar-refractivity contribution in [2.24, 2.45) is 0 Å². The van der Waals surface area contributed by atoms with Gasteiger partial charge in [0.2, 0.25) is 0 Å². The Hall–Kier alpha value is -1.51. The van der Waals surface area contributed by atoms with E-state index < -0.39 is 24.2 Å². The summed E-state index contributed by atoms with van der Waals surface area (Å²) in [7, 11) is -5.05. The lowest BCUT2D eigenvalue weighted by atomic mass is 10.4. The summed E-state index contributed by atoms with van der Waals surface area (Å²) in [5.74, 6) is 0. The topological polar surface area (TPSA) is 0 Å². The van der Waals surface area contributed by atoms with Crippen LogP contribution in [0.25, 0.3) is 9.75 Å². The van der Waals surface area contributed by atoms with Gasteiger partial charge >= 0.3 is 0 Å². The lowest BCUT2D eigenvalue weighted by Gasteiger charge is -2.30. The molecular formula is C26H30S2Si3. The Morgan fingerprint density at radius 1 is 0.548 bits per heavy atom. The summed E-state index contributed by atoms with van der Waals surface area (Å²) in [5.41, 5.74) is 0. The van der Waals surface area contributed by atoms with E-state index in [0.717, 1.165) is 0 Å². The van der Waals surface area contributed by atoms with Crippen molar-refractivity contribution in [1.29, 1.82) is 0 Å². The fourth-order valence-electron chi connectivity index (χ4n) is 4.73. The van der Waals surface area contributed by atoms with Crippen molar-refractivity contribution in [3.63, 3.8) is 0 Å². The molecule has 5 rings (SSSR count). The third kappa shape index (κ3) is 3.25. The highest BCUT2D eigenvalue weighted by atomic mass is 32.1. The lowest BCUT2D eigenvalue weighted by Crippen LogP contribution is -2.73. The average molecular weight is 491 g/mol. The van der Waals surface area contributed by atoms with Gasteiger partial charge in [0.05, 0.1) is 16.1 Å². The summed E-state index contributed by atoms with van der Waals surface area (Å²) in [6.45, 7) is 14.9. The summed E-state index contributed by atoms with van der Waals surface area (Å²) in [6.07, 6.45) is 0. The minimum atomic E-state index is -2.28. The molecule has 0 saturated carbocycles. The molecular weight excluding hydrogens is 461 g/mol. The third-order valence-corrected chi connectivity index (χ3v) is 21.1. The van der Waals surface area contributed by atoms with Gasteiger partial charge in [0.25, 0.3) is 0 Å². The third-order valence-electron chi connectivity index (χ3n) is 6.37. The molecule has 158 valence electrons. The fourth-order valence-corrected chi connectivity index (χ4v) is 17.5. The highest BCUT2D eigenvalue weighted by Crippen LogP contribution is 2.36. The van der Waals surface area contributed by atoms with Crippen LogP contribution in [0.5, 0.6) is 0 Å². The smallest absolute Gasteiger partial charge is 0.144 e. The van der Waals surface area contributed by atoms with Crippen LogP contribution in [-0.4, -0.2) is 24.2 Å². The minimum Gasteiger partial charge on any atom is -0.144 e. The maximum atomic E-state index is 2.64. The van der Waals surface area contributed by atoms with Gasteiger partial charge < -0.3 is 0 Å². The first-order valence-corrected chi connectivity index (χ1v) is 21.7. The summed E-state index contributed by atoms with van der Waals surface area (Å²) in [4.78, 5) is 3.17. The number of hydrogen-bond acceptors (Lipinski definition) is 2. The maximum absolute atomic E-state index is 2.64. The zero-order valence-electron chi connectivity index (χ0n) is 19.2. The van der Waals surface area contributed by atoms with Gasteiger partial charge in [-0.1, -0.05) is 112 Å². The predicted octanol–water partition coefficient (Wildman–Crippen LogP) is 4.26. The second-order valence-corrected chi connectivity index (χ2v) is 27.3. The molecule has 2 aromatic carbocycles. The predicted molar refractivity (Wildman–Crippen MR) is 151 cm³/mol. The molecule has 0 saturated heterocycles. The van der Waals surface area contributed by atoms with Gasteiger partial charge in [0.15, 0.2) is 8.07 Å². The van der Waals surface area contributed by atoms with Gasteiger partial charge in [-0.3, -0.25) is 0 Å². The van der Waals surface area contributed by atoms with Crippen molar-refractivity contribution < 1.29 is 0 Å². The molecule has 4 aromatic rings. The van der Waals surface area contributed by atoms with Crippen LogP contribution < -0.4 is 29.7 Å². The average Bonchev–Trinajstić information content (AvgIpc) is 3.39. The van der Waals surface area contributed by atoms with Crippen LogP contribution in [0.15, 0.2) is 72.8 Å². The molecule has 0 bridgehead atoms. The minimum absolute atomic E-state index is 1.39. The molecule has 0 aliphatic carbocycles. The van der Waals surface area contributed by atoms with Gasteiger partial charge in [-0.15, -0.1) is 22.7 Å². The summed E-state index contributed by atoms with van der Waals surface area (Å²) < 4.78 is 3.30. The number of thiophene rings is 2. The first-order valence-electron chi connectivity index (χ1n) is 11.0. The van der Waals surface area contributed by atoms with Crippen LogP contribution in [0.2, 0.25) is 39.3 Å². The van der Waals surface area contributed by atoms with E-state index in [9.17, 15) is 0 Å². The Balaban J connectivity index is 1.93. The summed E-state index contributed by atoms with van der Waals surface area (Å²) >= 11 is 4.22. The maximum Gasteiger partial charge on any atom is 0.182 e. The normalized spacial score (nSPS) is 15.0. The fraction of sp³-hybridized carbons (Fsp3) is 0.231. The Morgan fingerprint density at radius 3 is 1.23 bits per heavy atom. The molecule has 1 aliphatic rings. The van der Waals surface area contributed by atoms with Crippen LogP contribution in [-0.2, 0) is 0 Å². The highest BCUT2D eigenvalue weighted by Gasteiger charge is 2.51. The Morgan fingerprint density at radius 2 is 0.903 bits per heavy atom. The second-order valence-electron chi connectivity index (χ2n) is 10.7. The van der Waals surface area contributed by atoms with E-state index in [1.54, 1.807) is 29.1 Å². The molecule has 0 spiro atoms. The van der Waals surface area contributed by atoms with Crippen LogP contribution in [0.4, 0.5) is 0 Å². The first kappa shape index (κ1) is 21.3. The standard InChI is InChI=1S/C26H30S2Si3/c1-29(2,3)23-17-21-25(27-23)26-22(18-24(28-26)30(4,5)6)31(21,19-13-9-7-10-14-19)20-15-11-8-12-16-20/h7-18H,1-6H3. The molecule has 0 nitrogen and oxygen atoms in total. The Bertz CT molecular complexity index is 1140. The second kappa shape index (κ2) is 7.25. The molecule has 1 aliphatic heterocycles. The first-order chi connectivity index (χ1) is 14.6. The Kier molecular flexibility index (Phi) is 4.99. The zero-order valence-corrected chi connectivity index (χ0v) is 23.9. The van der Waals surface area contributed by atoms with E-state index >= 15 is 0 Å². The number of hydrogen-bond donors (Lipinski definition) is 0. The van der Waals surface area contributed by atoms with Crippen molar-refractivity contribution >= 4 is 76.6 Å². The van der Waals surface area contributed by atoms with Gasteiger partial charge in [-0.05, 0) is 29.7 Å². The monoisotopic (exact) mass is 490 g/mol. The molecule has 0 radical (unpaired) electrons. The van der Waals surface area contributed by atoms with Crippen LogP contribution in [0.1, 0.15) is 0 Å². The molecule has 31 heavy (non-hydrogen) atoms. The molecule has 0 N–H and O–H groups in total. The van der Waals surface area contributed by atoms with Crippen molar-refractivity contribution in [2.75, 3.05) is 0 Å². The van der Waals surface area contributed by atoms with Crippen LogP contribution in [0, 0.1) is 0 Å². The molecule has 0 fully saturated rings. The van der Waals surface area contributed by atoms with Crippen molar-refractivity contribution in [2.45, 2.75) is 39.3 Å². The zero-order chi connectivity index (χ0) is 22.0. The van der Waals surface area contributed by atoms with Gasteiger partial charge in [-0.2, -0.15) is 0 Å². The van der Waals surface area contributed by atoms with E-state index in [-0.39, 0.29) is 0 Å².